The molecule has 11 aromatic rings. The molecular weight excluding hydrogens is 1840 g/mol. The van der Waals surface area contributed by atoms with Crippen molar-refractivity contribution in [3.63, 3.8) is 0 Å². The zero-order chi connectivity index (χ0) is 103. The molecule has 2 saturated heterocycles. The lowest BCUT2D eigenvalue weighted by atomic mass is 9.83. The number of anilines is 2. The van der Waals surface area contributed by atoms with Gasteiger partial charge in [-0.15, -0.1) is 0 Å². The van der Waals surface area contributed by atoms with Gasteiger partial charge in [-0.1, -0.05) is 170 Å². The second-order valence-electron chi connectivity index (χ2n) is 36.7. The van der Waals surface area contributed by atoms with Crippen molar-refractivity contribution in [2.45, 2.75) is 68.7 Å². The fraction of sp³-hybridized carbons (Fsp3) is 0.259. The van der Waals surface area contributed by atoms with Gasteiger partial charge in [-0.2, -0.15) is 5.10 Å². The van der Waals surface area contributed by atoms with Crippen LogP contribution < -0.4 is 15.5 Å². The highest BCUT2D eigenvalue weighted by Crippen LogP contribution is 2.44. The number of morpholine rings is 1. The molecule has 5 aliphatic carbocycles. The third-order valence-electron chi connectivity index (χ3n) is 27.7. The Morgan fingerprint density at radius 3 is 1.00 bits per heavy atom. The molecule has 7 aliphatic heterocycles. The number of aliphatic imine (C=N–C) groups is 10. The van der Waals surface area contributed by atoms with Crippen molar-refractivity contribution < 1.29 is 38.3 Å². The van der Waals surface area contributed by atoms with E-state index in [1.165, 1.54) is 0 Å². The molecule has 2 fully saturated rings. The number of carbonyl (C=O) groups excluding carboxylic acids is 7. The van der Waals surface area contributed by atoms with Crippen molar-refractivity contribution in [3.05, 3.63) is 354 Å². The van der Waals surface area contributed by atoms with Crippen LogP contribution in [0, 0.1) is 0 Å². The Morgan fingerprint density at radius 1 is 0.340 bits per heavy atom. The number of ketones is 6. The van der Waals surface area contributed by atoms with Crippen LogP contribution in [-0.2, 0) is 23.0 Å². The largest absolute Gasteiger partial charge is 0.378 e. The van der Waals surface area contributed by atoms with E-state index in [4.69, 9.17) is 55.4 Å². The van der Waals surface area contributed by atoms with Crippen molar-refractivity contribution in [1.82, 2.24) is 49.1 Å². The molecule has 740 valence electrons. The standard InChI is InChI=1S/C25H28N6O.C24H25N5O2.C23H21N5O.C22H20N4O2.C22H19N3O2/c1-4-30(5-2)25-27-22-18-8-6-7-9-19(18)24(32)21(23(22)28-25)17-10-11-20(26-16-17)31-14-12-29(3)13-15-31;1-3-28(4-2)24-26-21-17-7-5-6-8-18(17)23(30)20(22(21)27-24)16-9-10-19(25-15-16)29-11-13-31-14-12-29;1-4-28(5-2)23-25-20-16-8-6-7-9-17(16)22(29)19(21(20)26-23)14-10-11-15-13-24-27(3)18(15)12-14;1-3-26(4-2)22-24-18-15-10-5-6-11-16(15)20(27)17(19(18)25-22)13-8-7-9-14(12-13)21(23)28;1-13(26)11-14-7-6-8-15(12-14)18-20-19(23-22(24-20)25(2)3)16-9-4-5-10-17(16)21(18)27/h6-11,16H,4-5,12-15H2,1-3H3;5-10,15H,3-4,11-14H2,1-2H3;6-13H,4-5H2,1-3H3;5-12H,3-4H2,1-2H3,(H2,23,28);4-10,12H,11H2,1-3H3. The number of likely N-dealkylation sites (N-methyl/N-ethyl adjacent to an activating group) is 1. The van der Waals surface area contributed by atoms with Crippen LogP contribution in [0.25, 0.3) is 38.8 Å². The second kappa shape index (κ2) is 42.5. The minimum Gasteiger partial charge on any atom is -0.378 e. The number of nitrogens with two attached hydrogens (primary N) is 1. The fourth-order valence-corrected chi connectivity index (χ4v) is 19.8. The van der Waals surface area contributed by atoms with E-state index in [0.717, 1.165) is 193 Å². The zero-order valence-electron chi connectivity index (χ0n) is 84.6. The number of rotatable bonds is 18. The molecule has 2 N–H and O–H groups in total. The van der Waals surface area contributed by atoms with Crippen LogP contribution in [0.15, 0.2) is 309 Å². The first-order valence-corrected chi connectivity index (χ1v) is 50.0. The number of amides is 1. The van der Waals surface area contributed by atoms with Gasteiger partial charge in [0.25, 0.3) is 0 Å². The molecule has 147 heavy (non-hydrogen) atoms. The Balaban J connectivity index is 0.000000116. The smallest absolute Gasteiger partial charge is 0.248 e. The summed E-state index contributed by atoms with van der Waals surface area (Å²) < 4.78 is 7.25. The zero-order valence-corrected chi connectivity index (χ0v) is 84.6. The lowest BCUT2D eigenvalue weighted by Crippen LogP contribution is -2.44. The van der Waals surface area contributed by atoms with Crippen LogP contribution in [0.5, 0.6) is 0 Å². The first-order valence-electron chi connectivity index (χ1n) is 50.0. The number of aromatic nitrogens is 4. The van der Waals surface area contributed by atoms with Crippen LogP contribution in [0.2, 0.25) is 0 Å². The summed E-state index contributed by atoms with van der Waals surface area (Å²) in [5.41, 5.74) is 28.4. The highest BCUT2D eigenvalue weighted by molar-refractivity contribution is 6.48. The van der Waals surface area contributed by atoms with Gasteiger partial charge in [0.15, 0.2) is 28.9 Å². The summed E-state index contributed by atoms with van der Waals surface area (Å²) in [5.74, 6) is 4.30. The number of nitrogens with zero attached hydrogens (tertiary/aromatic N) is 22. The number of allylic oxidation sites excluding steroid dienone is 10. The van der Waals surface area contributed by atoms with Gasteiger partial charge in [0.05, 0.1) is 52.8 Å². The molecule has 31 nitrogen and oxygen atoms in total. The minimum atomic E-state index is -0.538. The maximum absolute atomic E-state index is 13.6. The van der Waals surface area contributed by atoms with E-state index in [1.807, 2.05) is 244 Å². The molecule has 0 bridgehead atoms. The minimum absolute atomic E-state index is 0.0133. The maximum Gasteiger partial charge on any atom is 0.248 e. The maximum atomic E-state index is 13.6. The lowest BCUT2D eigenvalue weighted by Gasteiger charge is -2.33. The summed E-state index contributed by atoms with van der Waals surface area (Å²) >= 11 is 0. The highest BCUT2D eigenvalue weighted by atomic mass is 16.5. The van der Waals surface area contributed by atoms with Crippen molar-refractivity contribution in [2.24, 2.45) is 62.7 Å². The first-order chi connectivity index (χ1) is 71.4. The Hall–Kier alpha value is -17.1. The molecule has 31 heteroatoms. The molecule has 1 amide bonds. The average molecular weight is 1960 g/mol. The number of aryl methyl sites for hydroxylation is 1. The molecule has 0 atom stereocenters. The third kappa shape index (κ3) is 19.1. The van der Waals surface area contributed by atoms with E-state index >= 15 is 0 Å². The number of piperazine rings is 1. The van der Waals surface area contributed by atoms with Crippen LogP contribution in [0.4, 0.5) is 11.6 Å². The topological polar surface area (TPSA) is 348 Å². The number of ether oxygens (including phenoxy) is 1. The third-order valence-corrected chi connectivity index (χ3v) is 27.7. The number of guanidine groups is 5. The summed E-state index contributed by atoms with van der Waals surface area (Å²) in [5, 5.41) is 5.36. The Bertz CT molecular complexity index is 7770. The number of hydrogen-bond donors (Lipinski definition) is 1. The molecule has 10 heterocycles. The Morgan fingerprint density at radius 2 is 0.660 bits per heavy atom. The Kier molecular flexibility index (Phi) is 28.5. The van der Waals surface area contributed by atoms with Gasteiger partial charge in [0, 0.05) is 209 Å². The van der Waals surface area contributed by atoms with E-state index < -0.39 is 5.91 Å². The normalized spacial score (nSPS) is 16.4. The number of fused-ring (bicyclic) bond motifs is 16. The SMILES string of the molecule is CC(=O)Cc1cccc(C2=C3N=C(N(C)C)N=C3c3ccccc3C2=O)c1.CCN(CC)C1=NC2=C(c3ccc(N4CCN(C)CC4)nc3)C(=O)c3ccccc3C2=N1.CCN(CC)C1=NC2=C(c3ccc(N4CCOCC4)nc3)C(=O)c3ccccc3C2=N1.CCN(CC)C1=NC2=C(c3ccc4cnn(C)c4c3)C(=O)c3ccccc3C2=N1.CCN(CC)C1=NC2=C(c3cccc(C(N)=O)c3)C(=O)c3ccccc3C2=N1. The van der Waals surface area contributed by atoms with Gasteiger partial charge in [0.1, 0.15) is 74.5 Å². The molecule has 3 aromatic heterocycles. The molecule has 0 saturated carbocycles. The fourth-order valence-electron chi connectivity index (χ4n) is 19.8. The van der Waals surface area contributed by atoms with Crippen molar-refractivity contribution in [3.8, 4) is 0 Å². The monoisotopic (exact) mass is 1960 g/mol. The number of pyridine rings is 2. The predicted molar refractivity (Wildman–Crippen MR) is 581 cm³/mol. The van der Waals surface area contributed by atoms with Crippen LogP contribution in [0.3, 0.4) is 0 Å². The summed E-state index contributed by atoms with van der Waals surface area (Å²) in [6.07, 6.45) is 5.76. The second-order valence-corrected chi connectivity index (χ2v) is 36.7. The van der Waals surface area contributed by atoms with Crippen molar-refractivity contribution >= 4 is 149 Å². The summed E-state index contributed by atoms with van der Waals surface area (Å²) in [6.45, 7) is 31.5. The molecular formula is C116H113N23O8. The van der Waals surface area contributed by atoms with Gasteiger partial charge < -0.3 is 49.7 Å². The summed E-state index contributed by atoms with van der Waals surface area (Å²) in [4.78, 5) is 164. The number of primary amides is 1. The molecule has 8 aromatic carbocycles. The van der Waals surface area contributed by atoms with Crippen LogP contribution >= 0.6 is 0 Å². The highest BCUT2D eigenvalue weighted by Gasteiger charge is 2.43. The average Bonchev–Trinajstić information content (AvgIpc) is 1.69. The van der Waals surface area contributed by atoms with E-state index in [9.17, 15) is 33.6 Å². The van der Waals surface area contributed by atoms with Crippen molar-refractivity contribution in [2.75, 3.05) is 136 Å². The van der Waals surface area contributed by atoms with E-state index in [2.05, 4.69) is 98.1 Å². The quantitative estimate of drug-likeness (QED) is 0.0833. The van der Waals surface area contributed by atoms with Crippen LogP contribution in [0.1, 0.15) is 186 Å². The summed E-state index contributed by atoms with van der Waals surface area (Å²) in [6, 6.07) is 66.1. The van der Waals surface area contributed by atoms with E-state index in [1.54, 1.807) is 43.5 Å². The number of carbonyl (C=O) groups is 7. The van der Waals surface area contributed by atoms with Gasteiger partial charge >= 0.3 is 0 Å². The predicted octanol–water partition coefficient (Wildman–Crippen LogP) is 15.7. The van der Waals surface area contributed by atoms with E-state index in [-0.39, 0.29) is 34.7 Å². The molecule has 12 aliphatic rings. The van der Waals surface area contributed by atoms with Crippen LogP contribution in [-0.4, -0.2) is 274 Å². The van der Waals surface area contributed by atoms with E-state index in [0.29, 0.717) is 150 Å². The molecule has 23 rings (SSSR count). The number of Topliss-reactive ketones (excluding diaryl/α,β-unsaturated/α-hetero) is 6. The van der Waals surface area contributed by atoms with Gasteiger partial charge in [-0.25, -0.2) is 59.9 Å². The van der Waals surface area contributed by atoms with Crippen molar-refractivity contribution in [1.29, 1.82) is 0 Å². The van der Waals surface area contributed by atoms with Gasteiger partial charge in [0.2, 0.25) is 35.7 Å². The molecule has 0 unspecified atom stereocenters. The Labute approximate surface area is 853 Å². The molecule has 0 spiro atoms. The van der Waals surface area contributed by atoms with Gasteiger partial charge in [-0.3, -0.25) is 38.2 Å². The number of benzene rings is 8. The van der Waals surface area contributed by atoms with Gasteiger partial charge in [-0.05, 0) is 134 Å². The first kappa shape index (κ1) is 98.7. The lowest BCUT2D eigenvalue weighted by molar-refractivity contribution is -0.116. The number of hydrogen-bond acceptors (Lipinski definition) is 29. The molecule has 0 radical (unpaired) electrons. The summed E-state index contributed by atoms with van der Waals surface area (Å²) in [7, 11) is 7.80.